The Morgan fingerprint density at radius 2 is 1.27 bits per heavy atom. The van der Waals surface area contributed by atoms with Crippen LogP contribution in [-0.2, 0) is 0 Å². The van der Waals surface area contributed by atoms with Crippen LogP contribution in [0.15, 0.2) is 96.3 Å². The van der Waals surface area contributed by atoms with Gasteiger partial charge in [0.05, 0.1) is 8.07 Å². The molecule has 1 heteroatoms. The summed E-state index contributed by atoms with van der Waals surface area (Å²) in [5.41, 5.74) is 3.11. The van der Waals surface area contributed by atoms with Gasteiger partial charge >= 0.3 is 0 Å². The highest BCUT2D eigenvalue weighted by Gasteiger charge is 2.44. The molecule has 0 aromatic heterocycles. The van der Waals surface area contributed by atoms with Crippen LogP contribution in [0.4, 0.5) is 0 Å². The Hall–Kier alpha value is -2.12. The van der Waals surface area contributed by atoms with Crippen LogP contribution in [0.25, 0.3) is 5.57 Å². The van der Waals surface area contributed by atoms with Crippen molar-refractivity contribution in [3.05, 3.63) is 102 Å². The summed E-state index contributed by atoms with van der Waals surface area (Å²) in [5, 5.41) is 1.80. The fourth-order valence-corrected chi connectivity index (χ4v) is 8.07. The Balaban J connectivity index is 1.52. The van der Waals surface area contributed by atoms with Gasteiger partial charge in [0.2, 0.25) is 0 Å². The van der Waals surface area contributed by atoms with Crippen molar-refractivity contribution in [3.63, 3.8) is 0 Å². The van der Waals surface area contributed by atoms with Crippen LogP contribution in [0, 0.1) is 23.7 Å². The molecule has 0 spiro atoms. The van der Waals surface area contributed by atoms with Crippen LogP contribution < -0.4 is 0 Å². The van der Waals surface area contributed by atoms with Gasteiger partial charge in [-0.05, 0) is 41.7 Å². The predicted molar refractivity (Wildman–Crippen MR) is 135 cm³/mol. The Kier molecular flexibility index (Phi) is 6.58. The molecule has 4 rings (SSSR count). The number of fused-ring (bicyclic) bond motifs is 2. The standard InChI is InChI=1S/C29H36Si/c1-30(2,3)29-27-22-14-13-21-26(28(29)24-18-9-6-10-19-24)25(27)20-12-11-17-23-15-7-4-5-8-16-23/h4-10,13-16,18-19,21-23,25-27H,11-12,17,20H2,1-3H3. The SMILES string of the molecule is C[Si](C)(C)C1=C(c2ccccc2)C2C=CC=CC1C2CCCCC1C=CC=CC=C1. The zero-order valence-corrected chi connectivity index (χ0v) is 19.8. The molecule has 0 nitrogen and oxygen atoms in total. The molecule has 0 amide bonds. The minimum Gasteiger partial charge on any atom is -0.0776 e. The van der Waals surface area contributed by atoms with Crippen LogP contribution >= 0.6 is 0 Å². The third-order valence-electron chi connectivity index (χ3n) is 6.90. The van der Waals surface area contributed by atoms with Crippen molar-refractivity contribution in [3.8, 4) is 0 Å². The summed E-state index contributed by atoms with van der Waals surface area (Å²) in [6.07, 6.45) is 28.2. The molecule has 0 radical (unpaired) electrons. The number of benzene rings is 1. The Morgan fingerprint density at radius 3 is 1.93 bits per heavy atom. The van der Waals surface area contributed by atoms with Crippen LogP contribution in [0.3, 0.4) is 0 Å². The molecule has 0 heterocycles. The highest BCUT2D eigenvalue weighted by atomic mass is 28.3. The first kappa shape index (κ1) is 21.1. The summed E-state index contributed by atoms with van der Waals surface area (Å²) in [7, 11) is -1.43. The van der Waals surface area contributed by atoms with Crippen LogP contribution in [0.5, 0.6) is 0 Å². The van der Waals surface area contributed by atoms with E-state index in [9.17, 15) is 0 Å². The monoisotopic (exact) mass is 412 g/mol. The van der Waals surface area contributed by atoms with E-state index in [0.29, 0.717) is 17.8 Å². The Bertz CT molecular complexity index is 885. The zero-order chi connectivity index (χ0) is 21.0. The quantitative estimate of drug-likeness (QED) is 0.313. The molecule has 156 valence electrons. The number of rotatable bonds is 7. The van der Waals surface area contributed by atoms with E-state index in [1.807, 2.05) is 0 Å². The maximum absolute atomic E-state index is 2.54. The molecule has 2 bridgehead atoms. The van der Waals surface area contributed by atoms with Crippen LogP contribution in [0.2, 0.25) is 19.6 Å². The topological polar surface area (TPSA) is 0 Å². The second-order valence-corrected chi connectivity index (χ2v) is 15.1. The fourth-order valence-electron chi connectivity index (χ4n) is 5.64. The maximum Gasteiger partial charge on any atom is 0.0736 e. The van der Waals surface area contributed by atoms with Gasteiger partial charge in [-0.25, -0.2) is 0 Å². The van der Waals surface area contributed by atoms with Gasteiger partial charge in [0.25, 0.3) is 0 Å². The molecule has 0 N–H and O–H groups in total. The Labute approximate surface area is 184 Å². The second kappa shape index (κ2) is 9.35. The summed E-state index contributed by atoms with van der Waals surface area (Å²) in [6, 6.07) is 11.2. The minimum atomic E-state index is -1.43. The van der Waals surface area contributed by atoms with Gasteiger partial charge in [0.15, 0.2) is 0 Å². The summed E-state index contributed by atoms with van der Waals surface area (Å²) < 4.78 is 0. The zero-order valence-electron chi connectivity index (χ0n) is 18.8. The average molecular weight is 413 g/mol. The van der Waals surface area contributed by atoms with Gasteiger partial charge in [0.1, 0.15) is 0 Å². The largest absolute Gasteiger partial charge is 0.0776 e. The fraction of sp³-hybridized carbons (Fsp3) is 0.379. The van der Waals surface area contributed by atoms with Gasteiger partial charge in [-0.3, -0.25) is 0 Å². The van der Waals surface area contributed by atoms with Crippen molar-refractivity contribution in [2.45, 2.75) is 45.3 Å². The van der Waals surface area contributed by atoms with Crippen molar-refractivity contribution < 1.29 is 0 Å². The van der Waals surface area contributed by atoms with Crippen LogP contribution in [-0.4, -0.2) is 8.07 Å². The molecule has 0 saturated carbocycles. The van der Waals surface area contributed by atoms with E-state index < -0.39 is 8.07 Å². The number of allylic oxidation sites excluding steroid dienone is 12. The van der Waals surface area contributed by atoms with Gasteiger partial charge in [-0.15, -0.1) is 0 Å². The summed E-state index contributed by atoms with van der Waals surface area (Å²) in [4.78, 5) is 0. The van der Waals surface area contributed by atoms with Crippen molar-refractivity contribution in [1.82, 2.24) is 0 Å². The van der Waals surface area contributed by atoms with Gasteiger partial charge in [0, 0.05) is 5.92 Å². The minimum absolute atomic E-state index is 0.566. The molecule has 3 aliphatic carbocycles. The molecule has 1 aromatic carbocycles. The summed E-state index contributed by atoms with van der Waals surface area (Å²) in [5.74, 6) is 2.50. The van der Waals surface area contributed by atoms with Gasteiger partial charge in [-0.2, -0.15) is 0 Å². The number of hydrogen-bond acceptors (Lipinski definition) is 0. The molecular formula is C29H36Si. The predicted octanol–water partition coefficient (Wildman–Crippen LogP) is 8.16. The molecule has 1 aromatic rings. The van der Waals surface area contributed by atoms with Crippen molar-refractivity contribution in [1.29, 1.82) is 0 Å². The first-order valence-corrected chi connectivity index (χ1v) is 15.2. The molecular weight excluding hydrogens is 376 g/mol. The van der Waals surface area contributed by atoms with Crippen LogP contribution in [0.1, 0.15) is 31.2 Å². The van der Waals surface area contributed by atoms with E-state index >= 15 is 0 Å². The maximum atomic E-state index is 2.54. The van der Waals surface area contributed by atoms with E-state index in [-0.39, 0.29) is 0 Å². The van der Waals surface area contributed by atoms with Crippen molar-refractivity contribution in [2.75, 3.05) is 0 Å². The van der Waals surface area contributed by atoms with Crippen molar-refractivity contribution >= 4 is 13.6 Å². The Morgan fingerprint density at radius 1 is 0.667 bits per heavy atom. The molecule has 0 saturated heterocycles. The third kappa shape index (κ3) is 4.62. The lowest BCUT2D eigenvalue weighted by Gasteiger charge is -2.28. The summed E-state index contributed by atoms with van der Waals surface area (Å²) in [6.45, 7) is 7.61. The first-order valence-electron chi connectivity index (χ1n) is 11.7. The average Bonchev–Trinajstić information content (AvgIpc) is 2.89. The molecule has 30 heavy (non-hydrogen) atoms. The van der Waals surface area contributed by atoms with E-state index in [4.69, 9.17) is 0 Å². The smallest absolute Gasteiger partial charge is 0.0736 e. The molecule has 3 aliphatic rings. The number of unbranched alkanes of at least 4 members (excludes halogenated alkanes) is 1. The molecule has 0 aliphatic heterocycles. The summed E-state index contributed by atoms with van der Waals surface area (Å²) >= 11 is 0. The number of hydrogen-bond donors (Lipinski definition) is 0. The van der Waals surface area contributed by atoms with E-state index in [1.54, 1.807) is 10.8 Å². The van der Waals surface area contributed by atoms with Gasteiger partial charge < -0.3 is 0 Å². The lowest BCUT2D eigenvalue weighted by Crippen LogP contribution is -2.29. The lowest BCUT2D eigenvalue weighted by atomic mass is 9.81. The third-order valence-corrected chi connectivity index (χ3v) is 9.11. The van der Waals surface area contributed by atoms with Crippen molar-refractivity contribution in [2.24, 2.45) is 23.7 Å². The lowest BCUT2D eigenvalue weighted by molar-refractivity contribution is 0.374. The van der Waals surface area contributed by atoms with Gasteiger partial charge in [-0.1, -0.05) is 129 Å². The normalized spacial score (nSPS) is 25.8. The second-order valence-electron chi connectivity index (χ2n) is 10.0. The highest BCUT2D eigenvalue weighted by molar-refractivity contribution is 6.84. The first-order chi connectivity index (χ1) is 14.6. The highest BCUT2D eigenvalue weighted by Crippen LogP contribution is 2.53. The molecule has 3 atom stereocenters. The molecule has 0 fully saturated rings. The van der Waals surface area contributed by atoms with E-state index in [0.717, 1.165) is 5.92 Å². The molecule has 3 unspecified atom stereocenters. The van der Waals surface area contributed by atoms with E-state index in [2.05, 4.69) is 111 Å². The van der Waals surface area contributed by atoms with E-state index in [1.165, 1.54) is 31.2 Å².